The molecule has 5 nitrogen and oxygen atoms in total. The molecule has 0 fully saturated rings. The number of carboxylic acid groups (broad SMARTS) is 1. The van der Waals surface area contributed by atoms with Crippen LogP contribution in [0.25, 0.3) is 0 Å². The minimum Gasteiger partial charge on any atom is -0.475 e. The molecule has 1 atom stereocenters. The van der Waals surface area contributed by atoms with Crippen molar-refractivity contribution in [3.8, 4) is 0 Å². The van der Waals surface area contributed by atoms with Gasteiger partial charge in [-0.15, -0.1) is 0 Å². The predicted molar refractivity (Wildman–Crippen MR) is 72.5 cm³/mol. The van der Waals surface area contributed by atoms with Crippen LogP contribution in [0.4, 0.5) is 8.78 Å². The van der Waals surface area contributed by atoms with Gasteiger partial charge in [0.2, 0.25) is 5.76 Å². The number of furan rings is 1. The van der Waals surface area contributed by atoms with Crippen LogP contribution in [0, 0.1) is 11.6 Å². The summed E-state index contributed by atoms with van der Waals surface area (Å²) in [6, 6.07) is 5.23. The number of benzene rings is 1. The number of hydrogen-bond donors (Lipinski definition) is 1. The Bertz CT molecular complexity index is 726. The highest BCUT2D eigenvalue weighted by molar-refractivity contribution is 5.93. The molecule has 0 aliphatic heterocycles. The number of carbonyl (C=O) groups is 2. The van der Waals surface area contributed by atoms with Gasteiger partial charge in [-0.2, -0.15) is 0 Å². The lowest BCUT2D eigenvalue weighted by Gasteiger charge is -2.24. The molecule has 0 bridgehead atoms. The first-order chi connectivity index (χ1) is 10.3. The van der Waals surface area contributed by atoms with Crippen LogP contribution in [-0.2, 0) is 0 Å². The van der Waals surface area contributed by atoms with Crippen molar-refractivity contribution in [3.63, 3.8) is 0 Å². The van der Waals surface area contributed by atoms with Crippen LogP contribution in [0.3, 0.4) is 0 Å². The second-order valence-corrected chi connectivity index (χ2v) is 4.73. The zero-order valence-electron chi connectivity index (χ0n) is 11.8. The third-order valence-electron chi connectivity index (χ3n) is 3.35. The zero-order valence-corrected chi connectivity index (χ0v) is 11.8. The maximum Gasteiger partial charge on any atom is 0.371 e. The fraction of sp³-hybridized carbons (Fsp3) is 0.200. The second-order valence-electron chi connectivity index (χ2n) is 4.73. The third-order valence-corrected chi connectivity index (χ3v) is 3.35. The molecular weight excluding hydrogens is 296 g/mol. The average molecular weight is 309 g/mol. The first-order valence-corrected chi connectivity index (χ1v) is 6.36. The molecule has 0 unspecified atom stereocenters. The largest absolute Gasteiger partial charge is 0.475 e. The van der Waals surface area contributed by atoms with Crippen LogP contribution in [-0.4, -0.2) is 28.9 Å². The Morgan fingerprint density at radius 3 is 2.32 bits per heavy atom. The molecule has 22 heavy (non-hydrogen) atoms. The van der Waals surface area contributed by atoms with E-state index < -0.39 is 29.6 Å². The molecule has 1 N–H and O–H groups in total. The van der Waals surface area contributed by atoms with Crippen molar-refractivity contribution in [1.29, 1.82) is 0 Å². The highest BCUT2D eigenvalue weighted by Gasteiger charge is 2.23. The highest BCUT2D eigenvalue weighted by Crippen LogP contribution is 2.23. The van der Waals surface area contributed by atoms with Gasteiger partial charge in [-0.05, 0) is 36.8 Å². The van der Waals surface area contributed by atoms with E-state index in [0.29, 0.717) is 5.56 Å². The lowest BCUT2D eigenvalue weighted by atomic mass is 10.1. The number of halogens is 2. The molecule has 1 heterocycles. The topological polar surface area (TPSA) is 70.8 Å². The van der Waals surface area contributed by atoms with Crippen molar-refractivity contribution in [2.75, 3.05) is 7.05 Å². The molecule has 116 valence electrons. The molecule has 0 radical (unpaired) electrons. The molecule has 1 aromatic carbocycles. The SMILES string of the molecule is C[C@@H](c1ccc(F)c(F)c1)N(C)C(=O)c1ccc(C(=O)O)o1. The second kappa shape index (κ2) is 5.97. The van der Waals surface area contributed by atoms with E-state index in [1.807, 2.05) is 0 Å². The number of nitrogens with zero attached hydrogens (tertiary/aromatic N) is 1. The molecule has 0 saturated carbocycles. The van der Waals surface area contributed by atoms with E-state index in [-0.39, 0.29) is 11.5 Å². The van der Waals surface area contributed by atoms with E-state index in [9.17, 15) is 18.4 Å². The van der Waals surface area contributed by atoms with Gasteiger partial charge in [-0.3, -0.25) is 4.79 Å². The average Bonchev–Trinajstić information content (AvgIpc) is 2.98. The number of amides is 1. The first kappa shape index (κ1) is 15.7. The van der Waals surface area contributed by atoms with Crippen LogP contribution >= 0.6 is 0 Å². The van der Waals surface area contributed by atoms with Crippen molar-refractivity contribution in [2.45, 2.75) is 13.0 Å². The van der Waals surface area contributed by atoms with E-state index in [4.69, 9.17) is 9.52 Å². The fourth-order valence-electron chi connectivity index (χ4n) is 1.91. The molecular formula is C15H13F2NO4. The fourth-order valence-corrected chi connectivity index (χ4v) is 1.91. The van der Waals surface area contributed by atoms with Gasteiger partial charge in [0.15, 0.2) is 17.4 Å². The molecule has 1 amide bonds. The van der Waals surface area contributed by atoms with Gasteiger partial charge >= 0.3 is 5.97 Å². The summed E-state index contributed by atoms with van der Waals surface area (Å²) in [5, 5.41) is 8.77. The monoisotopic (exact) mass is 309 g/mol. The summed E-state index contributed by atoms with van der Waals surface area (Å²) in [7, 11) is 1.46. The summed E-state index contributed by atoms with van der Waals surface area (Å²) in [6.07, 6.45) is 0. The number of rotatable bonds is 4. The maximum atomic E-state index is 13.3. The van der Waals surface area contributed by atoms with Gasteiger partial charge in [0.05, 0.1) is 6.04 Å². The van der Waals surface area contributed by atoms with E-state index in [1.165, 1.54) is 30.1 Å². The molecule has 1 aromatic heterocycles. The summed E-state index contributed by atoms with van der Waals surface area (Å²) in [5.41, 5.74) is 0.403. The first-order valence-electron chi connectivity index (χ1n) is 6.36. The summed E-state index contributed by atoms with van der Waals surface area (Å²) in [6.45, 7) is 1.63. The van der Waals surface area contributed by atoms with Gasteiger partial charge in [0, 0.05) is 7.05 Å². The Balaban J connectivity index is 2.21. The van der Waals surface area contributed by atoms with Crippen LogP contribution in [0.15, 0.2) is 34.7 Å². The maximum absolute atomic E-state index is 13.3. The van der Waals surface area contributed by atoms with Gasteiger partial charge in [-0.1, -0.05) is 6.07 Å². The van der Waals surface area contributed by atoms with Crippen LogP contribution in [0.2, 0.25) is 0 Å². The van der Waals surface area contributed by atoms with Crippen molar-refractivity contribution in [2.24, 2.45) is 0 Å². The van der Waals surface area contributed by atoms with E-state index >= 15 is 0 Å². The minimum absolute atomic E-state index is 0.144. The molecule has 0 spiro atoms. The Morgan fingerprint density at radius 1 is 1.14 bits per heavy atom. The number of aromatic carboxylic acids is 1. The lowest BCUT2D eigenvalue weighted by molar-refractivity contribution is 0.0647. The Kier molecular flexibility index (Phi) is 4.25. The Labute approximate surface area is 124 Å². The van der Waals surface area contributed by atoms with Gasteiger partial charge in [-0.25, -0.2) is 13.6 Å². The van der Waals surface area contributed by atoms with Gasteiger partial charge in [0.25, 0.3) is 5.91 Å². The number of carbonyl (C=O) groups excluding carboxylic acids is 1. The third kappa shape index (κ3) is 2.98. The summed E-state index contributed by atoms with van der Waals surface area (Å²) >= 11 is 0. The molecule has 2 rings (SSSR count). The predicted octanol–water partition coefficient (Wildman–Crippen LogP) is 3.09. The normalized spacial score (nSPS) is 12.0. The molecule has 2 aromatic rings. The van der Waals surface area contributed by atoms with Crippen molar-refractivity contribution in [1.82, 2.24) is 4.90 Å². The summed E-state index contributed by atoms with van der Waals surface area (Å²) in [5.74, 6) is -4.31. The van der Waals surface area contributed by atoms with Crippen molar-refractivity contribution in [3.05, 3.63) is 59.1 Å². The van der Waals surface area contributed by atoms with E-state index in [0.717, 1.165) is 12.1 Å². The van der Waals surface area contributed by atoms with E-state index in [2.05, 4.69) is 0 Å². The smallest absolute Gasteiger partial charge is 0.371 e. The summed E-state index contributed by atoms with van der Waals surface area (Å²) < 4.78 is 31.1. The van der Waals surface area contributed by atoms with Crippen LogP contribution in [0.5, 0.6) is 0 Å². The van der Waals surface area contributed by atoms with Crippen molar-refractivity contribution >= 4 is 11.9 Å². The van der Waals surface area contributed by atoms with Crippen molar-refractivity contribution < 1.29 is 27.9 Å². The lowest BCUT2D eigenvalue weighted by Crippen LogP contribution is -2.29. The number of hydrogen-bond acceptors (Lipinski definition) is 3. The van der Waals surface area contributed by atoms with Crippen LogP contribution in [0.1, 0.15) is 39.6 Å². The van der Waals surface area contributed by atoms with Crippen LogP contribution < -0.4 is 0 Å². The number of carboxylic acids is 1. The standard InChI is InChI=1S/C15H13F2NO4/c1-8(9-3-4-10(16)11(17)7-9)18(2)14(19)12-5-6-13(22-12)15(20)21/h3-8H,1-2H3,(H,20,21)/t8-/m0/s1. The van der Waals surface area contributed by atoms with E-state index in [1.54, 1.807) is 6.92 Å². The van der Waals surface area contributed by atoms with Gasteiger partial charge < -0.3 is 14.4 Å². The Hall–Kier alpha value is -2.70. The molecule has 0 saturated heterocycles. The van der Waals surface area contributed by atoms with Gasteiger partial charge in [0.1, 0.15) is 0 Å². The molecule has 7 heteroatoms. The zero-order chi connectivity index (χ0) is 16.4. The Morgan fingerprint density at radius 2 is 1.77 bits per heavy atom. The summed E-state index contributed by atoms with van der Waals surface area (Å²) in [4.78, 5) is 24.2. The quantitative estimate of drug-likeness (QED) is 0.942. The highest BCUT2D eigenvalue weighted by atomic mass is 19.2. The molecule has 0 aliphatic rings. The molecule has 0 aliphatic carbocycles. The minimum atomic E-state index is -1.28.